The number of hydrogen-bond donors (Lipinski definition) is 2. The van der Waals surface area contributed by atoms with Gasteiger partial charge in [-0.15, -0.1) is 0 Å². The molecule has 8 heteroatoms. The van der Waals surface area contributed by atoms with Crippen molar-refractivity contribution in [3.05, 3.63) is 47.5 Å². The summed E-state index contributed by atoms with van der Waals surface area (Å²) < 4.78 is 7.28. The van der Waals surface area contributed by atoms with E-state index in [1.165, 1.54) is 17.5 Å². The Bertz CT molecular complexity index is 1280. The van der Waals surface area contributed by atoms with Crippen molar-refractivity contribution in [1.29, 1.82) is 0 Å². The van der Waals surface area contributed by atoms with Crippen molar-refractivity contribution in [2.24, 2.45) is 5.73 Å². The number of aryl methyl sites for hydroxylation is 1. The average molecular weight is 446 g/mol. The Balaban J connectivity index is 1.55. The van der Waals surface area contributed by atoms with Gasteiger partial charge in [0.15, 0.2) is 11.4 Å². The minimum absolute atomic E-state index is 0.243. The molecule has 3 N–H and O–H groups in total. The molecule has 33 heavy (non-hydrogen) atoms. The maximum absolute atomic E-state index is 6.11. The molecule has 0 aliphatic heterocycles. The number of H-pyrrole nitrogens is 1. The number of nitrogens with two attached hydrogens (primary N) is 1. The van der Waals surface area contributed by atoms with Gasteiger partial charge in [0.2, 0.25) is 0 Å². The number of methoxy groups -OCH3 is 1. The summed E-state index contributed by atoms with van der Waals surface area (Å²) in [5.74, 6) is 1.46. The van der Waals surface area contributed by atoms with Crippen LogP contribution in [0.3, 0.4) is 0 Å². The van der Waals surface area contributed by atoms with Crippen LogP contribution in [-0.2, 0) is 0 Å². The van der Waals surface area contributed by atoms with E-state index in [0.29, 0.717) is 23.4 Å². The minimum Gasteiger partial charge on any atom is -0.493 e. The van der Waals surface area contributed by atoms with Gasteiger partial charge in [-0.05, 0) is 67.7 Å². The molecule has 0 bridgehead atoms. The summed E-state index contributed by atoms with van der Waals surface area (Å²) in [6, 6.07) is 4.50. The Labute approximate surface area is 193 Å². The molecule has 1 fully saturated rings. The maximum atomic E-state index is 6.11. The first-order valence-electron chi connectivity index (χ1n) is 11.6. The number of aromatic nitrogens is 6. The molecular weight excluding hydrogens is 414 g/mol. The second kappa shape index (κ2) is 8.59. The van der Waals surface area contributed by atoms with E-state index in [0.717, 1.165) is 53.9 Å². The topological polar surface area (TPSA) is 107 Å². The standard InChI is InChI=1S/C25H31N7O/c1-14(2)22-23(17-10-21(33-4)25-28-13-29-32(25)12-17)30-31-24(22)20-9-15(3)19(11-27-20)16-5-7-18(26)8-6-16/h9-14,16,18H,5-8,26H2,1-4H3,(H,30,31). The van der Waals surface area contributed by atoms with E-state index in [2.05, 4.69) is 48.2 Å². The molecule has 4 aromatic heterocycles. The fourth-order valence-corrected chi connectivity index (χ4v) is 5.06. The van der Waals surface area contributed by atoms with Crippen molar-refractivity contribution in [2.75, 3.05) is 7.11 Å². The summed E-state index contributed by atoms with van der Waals surface area (Å²) in [6.45, 7) is 6.53. The Morgan fingerprint density at radius 2 is 1.94 bits per heavy atom. The van der Waals surface area contributed by atoms with Gasteiger partial charge in [-0.3, -0.25) is 10.1 Å². The predicted molar refractivity (Wildman–Crippen MR) is 128 cm³/mol. The first-order chi connectivity index (χ1) is 16.0. The summed E-state index contributed by atoms with van der Waals surface area (Å²) in [5.41, 5.74) is 14.2. The molecule has 4 heterocycles. The zero-order valence-electron chi connectivity index (χ0n) is 19.7. The number of rotatable bonds is 5. The largest absolute Gasteiger partial charge is 0.493 e. The summed E-state index contributed by atoms with van der Waals surface area (Å²) in [5, 5.41) is 12.3. The van der Waals surface area contributed by atoms with Crippen LogP contribution in [0.1, 0.15) is 68.1 Å². The third-order valence-corrected chi connectivity index (χ3v) is 6.84. The zero-order valence-corrected chi connectivity index (χ0v) is 19.7. The Morgan fingerprint density at radius 3 is 2.64 bits per heavy atom. The Morgan fingerprint density at radius 1 is 1.15 bits per heavy atom. The number of nitrogens with zero attached hydrogens (tertiary/aromatic N) is 5. The normalized spacial score (nSPS) is 18.8. The van der Waals surface area contributed by atoms with Crippen LogP contribution < -0.4 is 10.5 Å². The maximum Gasteiger partial charge on any atom is 0.197 e. The van der Waals surface area contributed by atoms with Gasteiger partial charge in [-0.25, -0.2) is 9.50 Å². The van der Waals surface area contributed by atoms with E-state index in [1.54, 1.807) is 11.6 Å². The highest BCUT2D eigenvalue weighted by atomic mass is 16.5. The van der Waals surface area contributed by atoms with Gasteiger partial charge < -0.3 is 10.5 Å². The molecule has 1 saturated carbocycles. The van der Waals surface area contributed by atoms with Gasteiger partial charge in [-0.2, -0.15) is 10.2 Å². The van der Waals surface area contributed by atoms with Crippen molar-refractivity contribution in [1.82, 2.24) is 29.8 Å². The summed E-state index contributed by atoms with van der Waals surface area (Å²) in [6.07, 6.45) is 9.98. The molecule has 5 rings (SSSR count). The molecule has 172 valence electrons. The van der Waals surface area contributed by atoms with Crippen LogP contribution >= 0.6 is 0 Å². The molecule has 4 aromatic rings. The lowest BCUT2D eigenvalue weighted by molar-refractivity contribution is 0.394. The molecule has 0 radical (unpaired) electrons. The van der Waals surface area contributed by atoms with Crippen LogP contribution in [-0.4, -0.2) is 42.9 Å². The van der Waals surface area contributed by atoms with Gasteiger partial charge in [0.1, 0.15) is 12.0 Å². The van der Waals surface area contributed by atoms with Crippen LogP contribution in [0, 0.1) is 6.92 Å². The van der Waals surface area contributed by atoms with Gasteiger partial charge in [0.25, 0.3) is 0 Å². The first-order valence-corrected chi connectivity index (χ1v) is 11.6. The molecule has 0 unspecified atom stereocenters. The van der Waals surface area contributed by atoms with Crippen LogP contribution in [0.2, 0.25) is 0 Å². The van der Waals surface area contributed by atoms with Gasteiger partial charge >= 0.3 is 0 Å². The van der Waals surface area contributed by atoms with Crippen molar-refractivity contribution in [2.45, 2.75) is 64.3 Å². The highest BCUT2D eigenvalue weighted by Crippen LogP contribution is 2.38. The summed E-state index contributed by atoms with van der Waals surface area (Å²) in [4.78, 5) is 9.14. The average Bonchev–Trinajstić information content (AvgIpc) is 3.46. The van der Waals surface area contributed by atoms with Crippen molar-refractivity contribution in [3.8, 4) is 28.4 Å². The van der Waals surface area contributed by atoms with E-state index in [1.807, 2.05) is 12.3 Å². The van der Waals surface area contributed by atoms with Crippen molar-refractivity contribution >= 4 is 5.65 Å². The Kier molecular flexibility index (Phi) is 5.62. The number of aromatic amines is 1. The molecule has 0 atom stereocenters. The molecule has 1 aliphatic carbocycles. The lowest BCUT2D eigenvalue weighted by Crippen LogP contribution is -2.26. The highest BCUT2D eigenvalue weighted by molar-refractivity contribution is 5.75. The molecule has 0 saturated heterocycles. The predicted octanol–water partition coefficient (Wildman–Crippen LogP) is 4.61. The third kappa shape index (κ3) is 3.88. The van der Waals surface area contributed by atoms with Crippen LogP contribution in [0.15, 0.2) is 30.9 Å². The van der Waals surface area contributed by atoms with Gasteiger partial charge in [-0.1, -0.05) is 13.8 Å². The van der Waals surface area contributed by atoms with Gasteiger partial charge in [0.05, 0.1) is 18.5 Å². The number of hydrogen-bond acceptors (Lipinski definition) is 6. The number of fused-ring (bicyclic) bond motifs is 1. The number of ether oxygens (including phenoxy) is 1. The van der Waals surface area contributed by atoms with Crippen molar-refractivity contribution < 1.29 is 4.74 Å². The second-order valence-corrected chi connectivity index (χ2v) is 9.38. The summed E-state index contributed by atoms with van der Waals surface area (Å²) >= 11 is 0. The number of nitrogens with one attached hydrogen (secondary N) is 1. The second-order valence-electron chi connectivity index (χ2n) is 9.38. The Hall–Kier alpha value is -3.26. The summed E-state index contributed by atoms with van der Waals surface area (Å²) in [7, 11) is 1.64. The molecule has 0 amide bonds. The lowest BCUT2D eigenvalue weighted by atomic mass is 9.81. The lowest BCUT2D eigenvalue weighted by Gasteiger charge is -2.27. The van der Waals surface area contributed by atoms with Crippen molar-refractivity contribution in [3.63, 3.8) is 0 Å². The fraction of sp³-hybridized carbons (Fsp3) is 0.440. The van der Waals surface area contributed by atoms with E-state index in [9.17, 15) is 0 Å². The molecule has 0 spiro atoms. The van der Waals surface area contributed by atoms with E-state index < -0.39 is 0 Å². The molecule has 8 nitrogen and oxygen atoms in total. The quantitative estimate of drug-likeness (QED) is 0.465. The van der Waals surface area contributed by atoms with E-state index in [-0.39, 0.29) is 5.92 Å². The van der Waals surface area contributed by atoms with Crippen LogP contribution in [0.4, 0.5) is 0 Å². The molecule has 0 aromatic carbocycles. The zero-order chi connectivity index (χ0) is 23.1. The smallest absolute Gasteiger partial charge is 0.197 e. The van der Waals surface area contributed by atoms with Crippen LogP contribution in [0.5, 0.6) is 5.75 Å². The SMILES string of the molecule is COc1cc(-c2[nH]nc(-c3cc(C)c(C4CCC(N)CC4)cn3)c2C(C)C)cn2ncnc12. The van der Waals surface area contributed by atoms with E-state index in [4.69, 9.17) is 20.6 Å². The number of pyridine rings is 2. The molecule has 1 aliphatic rings. The minimum atomic E-state index is 0.243. The third-order valence-electron chi connectivity index (χ3n) is 6.84. The monoisotopic (exact) mass is 445 g/mol. The highest BCUT2D eigenvalue weighted by Gasteiger charge is 2.24. The van der Waals surface area contributed by atoms with Gasteiger partial charge in [0, 0.05) is 29.6 Å². The van der Waals surface area contributed by atoms with E-state index >= 15 is 0 Å². The first kappa shape index (κ1) is 21.6. The molecular formula is C25H31N7O. The van der Waals surface area contributed by atoms with Crippen LogP contribution in [0.25, 0.3) is 28.3 Å². The fourth-order valence-electron chi connectivity index (χ4n) is 5.06.